The Balaban J connectivity index is 0.974. The summed E-state index contributed by atoms with van der Waals surface area (Å²) in [6, 6.07) is 3.32. The maximum atomic E-state index is 15.5. The lowest BCUT2D eigenvalue weighted by molar-refractivity contribution is -0.173. The molecule has 0 bridgehead atoms. The molecule has 3 saturated heterocycles. The number of nitrogens with zero attached hydrogens (tertiary/aromatic N) is 3. The van der Waals surface area contributed by atoms with Gasteiger partial charge in [-0.1, -0.05) is 13.3 Å². The van der Waals surface area contributed by atoms with Gasteiger partial charge in [-0.25, -0.2) is 8.78 Å². The number of alkyl halides is 2. The van der Waals surface area contributed by atoms with E-state index in [1.165, 1.54) is 4.90 Å². The summed E-state index contributed by atoms with van der Waals surface area (Å²) in [5.74, 6) is -2.41. The van der Waals surface area contributed by atoms with Crippen molar-refractivity contribution in [3.05, 3.63) is 29.3 Å². The third-order valence-electron chi connectivity index (χ3n) is 11.4. The number of fused-ring (bicyclic) bond motifs is 1. The van der Waals surface area contributed by atoms with Crippen LogP contribution in [0.2, 0.25) is 0 Å². The zero-order valence-corrected chi connectivity index (χ0v) is 25.4. The number of nitrogens with one attached hydrogen (secondary N) is 1. The van der Waals surface area contributed by atoms with Gasteiger partial charge in [0, 0.05) is 56.5 Å². The molecule has 4 amide bonds. The van der Waals surface area contributed by atoms with E-state index in [0.29, 0.717) is 60.6 Å². The minimum absolute atomic E-state index is 0.155. The van der Waals surface area contributed by atoms with Crippen LogP contribution in [-0.2, 0) is 20.9 Å². The number of amides is 4. The van der Waals surface area contributed by atoms with E-state index in [0.717, 1.165) is 45.2 Å². The van der Waals surface area contributed by atoms with E-state index in [4.69, 9.17) is 4.74 Å². The van der Waals surface area contributed by atoms with Crippen molar-refractivity contribution in [2.45, 2.75) is 102 Å². The van der Waals surface area contributed by atoms with Crippen molar-refractivity contribution in [3.63, 3.8) is 0 Å². The Kier molecular flexibility index (Phi) is 7.45. The first-order valence-electron chi connectivity index (χ1n) is 16.4. The van der Waals surface area contributed by atoms with Gasteiger partial charge >= 0.3 is 0 Å². The van der Waals surface area contributed by atoms with Gasteiger partial charge in [0.1, 0.15) is 23.9 Å². The molecule has 11 heteroatoms. The highest BCUT2D eigenvalue weighted by Crippen LogP contribution is 2.45. The average molecular weight is 613 g/mol. The second kappa shape index (κ2) is 11.1. The number of hydrogen-bond acceptors (Lipinski definition) is 6. The predicted octanol–water partition coefficient (Wildman–Crippen LogP) is 3.74. The lowest BCUT2D eigenvalue weighted by Gasteiger charge is -2.53. The van der Waals surface area contributed by atoms with Gasteiger partial charge < -0.3 is 14.5 Å². The van der Waals surface area contributed by atoms with Gasteiger partial charge in [-0.15, -0.1) is 0 Å². The van der Waals surface area contributed by atoms with Crippen molar-refractivity contribution < 1.29 is 32.7 Å². The van der Waals surface area contributed by atoms with Crippen molar-refractivity contribution in [2.24, 2.45) is 17.3 Å². The summed E-state index contributed by atoms with van der Waals surface area (Å²) in [5.41, 5.74) is 0.979. The van der Waals surface area contributed by atoms with Gasteiger partial charge in [0.25, 0.3) is 11.8 Å². The molecular weight excluding hydrogens is 570 g/mol. The fourth-order valence-electron chi connectivity index (χ4n) is 8.49. The van der Waals surface area contributed by atoms with Gasteiger partial charge in [-0.2, -0.15) is 0 Å². The molecule has 5 fully saturated rings. The smallest absolute Gasteiger partial charge is 0.266 e. The van der Waals surface area contributed by atoms with Crippen LogP contribution >= 0.6 is 0 Å². The number of piperidine rings is 2. The van der Waals surface area contributed by atoms with Gasteiger partial charge in [0.05, 0.1) is 0 Å². The Labute approximate surface area is 256 Å². The van der Waals surface area contributed by atoms with Crippen LogP contribution in [0.1, 0.15) is 87.1 Å². The molecule has 4 aliphatic heterocycles. The molecule has 6 aliphatic rings. The second-order valence-corrected chi connectivity index (χ2v) is 14.2. The number of ether oxygens (including phenoxy) is 1. The van der Waals surface area contributed by atoms with Crippen LogP contribution < -0.4 is 10.1 Å². The number of hydrogen-bond donors (Lipinski definition) is 1. The van der Waals surface area contributed by atoms with Crippen LogP contribution in [0.4, 0.5) is 8.78 Å². The molecule has 0 radical (unpaired) electrons. The molecule has 0 aromatic heterocycles. The van der Waals surface area contributed by atoms with E-state index < -0.39 is 30.0 Å². The lowest BCUT2D eigenvalue weighted by atomic mass is 9.69. The highest BCUT2D eigenvalue weighted by Gasteiger charge is 2.55. The van der Waals surface area contributed by atoms with Crippen molar-refractivity contribution in [1.82, 2.24) is 20.0 Å². The summed E-state index contributed by atoms with van der Waals surface area (Å²) in [6.45, 7) is 5.06. The Morgan fingerprint density at radius 3 is 2.41 bits per heavy atom. The van der Waals surface area contributed by atoms with E-state index in [1.54, 1.807) is 18.2 Å². The van der Waals surface area contributed by atoms with E-state index >= 15 is 8.78 Å². The van der Waals surface area contributed by atoms with Crippen LogP contribution in [0.3, 0.4) is 0 Å². The normalized spacial score (nSPS) is 30.8. The quantitative estimate of drug-likeness (QED) is 0.492. The summed E-state index contributed by atoms with van der Waals surface area (Å²) >= 11 is 0. The number of imide groups is 1. The summed E-state index contributed by atoms with van der Waals surface area (Å²) in [4.78, 5) is 55.4. The fourth-order valence-corrected chi connectivity index (χ4v) is 8.49. The van der Waals surface area contributed by atoms with Crippen molar-refractivity contribution in [3.8, 4) is 5.75 Å². The highest BCUT2D eigenvalue weighted by molar-refractivity contribution is 6.05. The summed E-state index contributed by atoms with van der Waals surface area (Å²) in [6.07, 6.45) is 5.49. The molecule has 1 aromatic carbocycles. The van der Waals surface area contributed by atoms with Gasteiger partial charge in [-0.05, 0) is 80.5 Å². The Hall–Kier alpha value is -3.08. The second-order valence-electron chi connectivity index (χ2n) is 14.2. The molecule has 1 N–H and O–H groups in total. The lowest BCUT2D eigenvalue weighted by Crippen LogP contribution is -2.66. The van der Waals surface area contributed by atoms with E-state index in [9.17, 15) is 19.2 Å². The third kappa shape index (κ3) is 5.18. The molecule has 0 spiro atoms. The van der Waals surface area contributed by atoms with Gasteiger partial charge in [0.15, 0.2) is 0 Å². The van der Waals surface area contributed by atoms with Gasteiger partial charge in [0.2, 0.25) is 17.7 Å². The van der Waals surface area contributed by atoms with E-state index in [2.05, 4.69) is 12.2 Å². The standard InChI is InChI=1S/C33H42F2N4O5/c1-32(11-3-12-32)31(43)37-14-9-20(10-15-37)22-17-38(18-22)28-26(4-2-13-33(28,34)35)44-23-5-6-24-21(16-23)19-39(30(24)42)25-7-8-27(40)36-29(25)41/h5-6,16,20,22,25-26,28H,2-4,7-15,17-19H2,1H3,(H,36,40,41)/t25?,26-,28+/m1/s1. The molecule has 7 rings (SSSR count). The summed E-state index contributed by atoms with van der Waals surface area (Å²) in [5, 5.41) is 2.31. The van der Waals surface area contributed by atoms with E-state index in [-0.39, 0.29) is 43.0 Å². The van der Waals surface area contributed by atoms with Crippen LogP contribution in [0.15, 0.2) is 18.2 Å². The van der Waals surface area contributed by atoms with Crippen LogP contribution in [-0.4, -0.2) is 88.6 Å². The number of carbonyl (C=O) groups is 4. The monoisotopic (exact) mass is 612 g/mol. The molecular formula is C33H42F2N4O5. The Bertz CT molecular complexity index is 1350. The summed E-state index contributed by atoms with van der Waals surface area (Å²) < 4.78 is 37.2. The SMILES string of the molecule is CC1(C(=O)N2CCC(C3CN([C@H]4[C@H](Oc5ccc6c(c5)CN(C5CCC(=O)NC5=O)C6=O)CCCC4(F)F)C3)CC2)CCC1. The van der Waals surface area contributed by atoms with E-state index in [1.807, 2.05) is 9.80 Å². The molecule has 2 aliphatic carbocycles. The fraction of sp³-hybridized carbons (Fsp3) is 0.697. The minimum Gasteiger partial charge on any atom is -0.489 e. The first kappa shape index (κ1) is 29.6. The molecule has 44 heavy (non-hydrogen) atoms. The maximum Gasteiger partial charge on any atom is 0.266 e. The number of benzene rings is 1. The van der Waals surface area contributed by atoms with Crippen molar-refractivity contribution >= 4 is 23.6 Å². The largest absolute Gasteiger partial charge is 0.489 e. The summed E-state index contributed by atoms with van der Waals surface area (Å²) in [7, 11) is 0. The van der Waals surface area contributed by atoms with Crippen LogP contribution in [0.25, 0.3) is 0 Å². The average Bonchev–Trinajstić information content (AvgIpc) is 3.27. The van der Waals surface area contributed by atoms with Crippen molar-refractivity contribution in [1.29, 1.82) is 0 Å². The highest BCUT2D eigenvalue weighted by atomic mass is 19.3. The van der Waals surface area contributed by atoms with Crippen molar-refractivity contribution in [2.75, 3.05) is 26.2 Å². The Morgan fingerprint density at radius 1 is 0.977 bits per heavy atom. The molecule has 4 heterocycles. The van der Waals surface area contributed by atoms with Crippen LogP contribution in [0.5, 0.6) is 5.75 Å². The van der Waals surface area contributed by atoms with Crippen LogP contribution in [0, 0.1) is 17.3 Å². The number of likely N-dealkylation sites (tertiary alicyclic amines) is 2. The predicted molar refractivity (Wildman–Crippen MR) is 156 cm³/mol. The Morgan fingerprint density at radius 2 is 1.73 bits per heavy atom. The maximum absolute atomic E-state index is 15.5. The number of rotatable bonds is 6. The minimum atomic E-state index is -2.86. The zero-order valence-electron chi connectivity index (χ0n) is 25.4. The number of carbonyl (C=O) groups excluding carboxylic acids is 4. The molecule has 9 nitrogen and oxygen atoms in total. The third-order valence-corrected chi connectivity index (χ3v) is 11.4. The molecule has 1 aromatic rings. The topological polar surface area (TPSA) is 99.3 Å². The van der Waals surface area contributed by atoms with Gasteiger partial charge in [-0.3, -0.25) is 29.4 Å². The first-order chi connectivity index (χ1) is 21.0. The molecule has 238 valence electrons. The number of halogens is 2. The molecule has 1 unspecified atom stereocenters. The molecule has 2 saturated carbocycles. The molecule has 3 atom stereocenters. The zero-order chi connectivity index (χ0) is 30.8. The first-order valence-corrected chi connectivity index (χ1v) is 16.4.